The van der Waals surface area contributed by atoms with Crippen LogP contribution in [-0.2, 0) is 4.79 Å². The van der Waals surface area contributed by atoms with Gasteiger partial charge in [0.25, 0.3) is 0 Å². The second kappa shape index (κ2) is 3.53. The highest BCUT2D eigenvalue weighted by Crippen LogP contribution is 2.19. The molecular weight excluding hydrogens is 148 g/mol. The van der Waals surface area contributed by atoms with E-state index in [4.69, 9.17) is 0 Å². The Morgan fingerprint density at radius 2 is 1.92 bits per heavy atom. The number of rotatable bonds is 2. The van der Waals surface area contributed by atoms with Gasteiger partial charge in [-0.1, -0.05) is 31.2 Å². The van der Waals surface area contributed by atoms with Gasteiger partial charge in [-0.3, -0.25) is 4.79 Å². The first kappa shape index (κ1) is 8.98. The summed E-state index contributed by atoms with van der Waals surface area (Å²) in [7, 11) is 0. The topological polar surface area (TPSA) is 17.1 Å². The zero-order valence-electron chi connectivity index (χ0n) is 7.79. The van der Waals surface area contributed by atoms with Gasteiger partial charge in [0.15, 0.2) is 0 Å². The van der Waals surface area contributed by atoms with Crippen molar-refractivity contribution in [3.05, 3.63) is 35.4 Å². The van der Waals surface area contributed by atoms with Gasteiger partial charge in [0.1, 0.15) is 5.78 Å². The molecule has 0 amide bonds. The molecular formula is C11H14O. The van der Waals surface area contributed by atoms with Crippen molar-refractivity contribution < 1.29 is 4.79 Å². The maximum Gasteiger partial charge on any atom is 0.136 e. The van der Waals surface area contributed by atoms with E-state index in [9.17, 15) is 4.79 Å². The van der Waals surface area contributed by atoms with Crippen LogP contribution >= 0.6 is 0 Å². The normalized spacial score (nSPS) is 12.6. The summed E-state index contributed by atoms with van der Waals surface area (Å²) in [6.07, 6.45) is 0. The fourth-order valence-electron chi connectivity index (χ4n) is 1.29. The van der Waals surface area contributed by atoms with E-state index < -0.39 is 0 Å². The lowest BCUT2D eigenvalue weighted by atomic mass is 9.94. The zero-order chi connectivity index (χ0) is 9.14. The molecule has 1 heteroatoms. The molecule has 0 fully saturated rings. The summed E-state index contributed by atoms with van der Waals surface area (Å²) in [5.74, 6) is 0.260. The van der Waals surface area contributed by atoms with Crippen LogP contribution in [0.4, 0.5) is 0 Å². The van der Waals surface area contributed by atoms with E-state index in [2.05, 4.69) is 0 Å². The molecule has 0 aliphatic carbocycles. The molecule has 0 bridgehead atoms. The molecule has 0 aromatic heterocycles. The van der Waals surface area contributed by atoms with Gasteiger partial charge < -0.3 is 0 Å². The monoisotopic (exact) mass is 162 g/mol. The van der Waals surface area contributed by atoms with Crippen LogP contribution in [0.2, 0.25) is 0 Å². The van der Waals surface area contributed by atoms with E-state index in [1.165, 1.54) is 5.56 Å². The van der Waals surface area contributed by atoms with Crippen LogP contribution in [0.1, 0.15) is 30.9 Å². The summed E-state index contributed by atoms with van der Waals surface area (Å²) in [5.41, 5.74) is 2.34. The minimum Gasteiger partial charge on any atom is -0.299 e. The average molecular weight is 162 g/mol. The third-order valence-electron chi connectivity index (χ3n) is 2.26. The van der Waals surface area contributed by atoms with E-state index in [1.807, 2.05) is 38.1 Å². The molecule has 1 aromatic carbocycles. The SMILES string of the molecule is CC(=O)[C@H](C)c1ccccc1C. The minimum absolute atomic E-state index is 0.0335. The van der Waals surface area contributed by atoms with Crippen LogP contribution < -0.4 is 0 Å². The lowest BCUT2D eigenvalue weighted by molar-refractivity contribution is -0.118. The smallest absolute Gasteiger partial charge is 0.136 e. The van der Waals surface area contributed by atoms with Crippen LogP contribution in [-0.4, -0.2) is 5.78 Å². The first-order valence-electron chi connectivity index (χ1n) is 4.19. The van der Waals surface area contributed by atoms with E-state index in [1.54, 1.807) is 6.92 Å². The number of hydrogen-bond donors (Lipinski definition) is 0. The average Bonchev–Trinajstić information content (AvgIpc) is 2.04. The van der Waals surface area contributed by atoms with E-state index in [0.717, 1.165) is 5.56 Å². The molecule has 1 nitrogen and oxygen atoms in total. The highest BCUT2D eigenvalue weighted by Gasteiger charge is 2.11. The van der Waals surface area contributed by atoms with Crippen molar-refractivity contribution in [2.45, 2.75) is 26.7 Å². The molecule has 0 unspecified atom stereocenters. The standard InChI is InChI=1S/C11H14O/c1-8-6-4-5-7-11(8)9(2)10(3)12/h4-7,9H,1-3H3/t9-/m0/s1. The fourth-order valence-corrected chi connectivity index (χ4v) is 1.29. The summed E-state index contributed by atoms with van der Waals surface area (Å²) in [5, 5.41) is 0. The highest BCUT2D eigenvalue weighted by atomic mass is 16.1. The molecule has 0 saturated heterocycles. The Balaban J connectivity index is 3.02. The van der Waals surface area contributed by atoms with Crippen LogP contribution in [0.25, 0.3) is 0 Å². The van der Waals surface area contributed by atoms with Crippen LogP contribution in [0.5, 0.6) is 0 Å². The van der Waals surface area contributed by atoms with E-state index >= 15 is 0 Å². The summed E-state index contributed by atoms with van der Waals surface area (Å²) < 4.78 is 0. The van der Waals surface area contributed by atoms with Crippen molar-refractivity contribution in [1.29, 1.82) is 0 Å². The Kier molecular flexibility index (Phi) is 2.64. The summed E-state index contributed by atoms with van der Waals surface area (Å²) in [6, 6.07) is 8.02. The summed E-state index contributed by atoms with van der Waals surface area (Å²) in [6.45, 7) is 5.62. The Morgan fingerprint density at radius 1 is 1.33 bits per heavy atom. The third kappa shape index (κ3) is 1.73. The molecule has 0 aliphatic heterocycles. The first-order valence-corrected chi connectivity index (χ1v) is 4.19. The van der Waals surface area contributed by atoms with Crippen molar-refractivity contribution in [3.8, 4) is 0 Å². The minimum atomic E-state index is 0.0335. The summed E-state index contributed by atoms with van der Waals surface area (Å²) >= 11 is 0. The molecule has 12 heavy (non-hydrogen) atoms. The lowest BCUT2D eigenvalue weighted by Gasteiger charge is -2.10. The number of aryl methyl sites for hydroxylation is 1. The molecule has 0 radical (unpaired) electrons. The van der Waals surface area contributed by atoms with Crippen molar-refractivity contribution >= 4 is 5.78 Å². The van der Waals surface area contributed by atoms with Gasteiger partial charge in [0.2, 0.25) is 0 Å². The van der Waals surface area contributed by atoms with Crippen molar-refractivity contribution in [3.63, 3.8) is 0 Å². The van der Waals surface area contributed by atoms with Gasteiger partial charge in [-0.25, -0.2) is 0 Å². The van der Waals surface area contributed by atoms with E-state index in [-0.39, 0.29) is 11.7 Å². The molecule has 1 atom stereocenters. The van der Waals surface area contributed by atoms with Crippen molar-refractivity contribution in [2.24, 2.45) is 0 Å². The molecule has 0 saturated carbocycles. The number of carbonyl (C=O) groups is 1. The Bertz CT molecular complexity index is 289. The predicted octanol–water partition coefficient (Wildman–Crippen LogP) is 2.69. The second-order valence-corrected chi connectivity index (χ2v) is 3.19. The number of ketones is 1. The predicted molar refractivity (Wildman–Crippen MR) is 50.3 cm³/mol. The Morgan fingerprint density at radius 3 is 2.42 bits per heavy atom. The molecule has 1 aromatic rings. The molecule has 0 aliphatic rings. The van der Waals surface area contributed by atoms with Gasteiger partial charge in [0, 0.05) is 5.92 Å². The third-order valence-corrected chi connectivity index (χ3v) is 2.26. The van der Waals surface area contributed by atoms with Gasteiger partial charge in [-0.05, 0) is 25.0 Å². The maximum absolute atomic E-state index is 11.1. The van der Waals surface area contributed by atoms with Crippen molar-refractivity contribution in [2.75, 3.05) is 0 Å². The second-order valence-electron chi connectivity index (χ2n) is 3.19. The number of carbonyl (C=O) groups excluding carboxylic acids is 1. The highest BCUT2D eigenvalue weighted by molar-refractivity contribution is 5.83. The number of Topliss-reactive ketones (excluding diaryl/α,β-unsaturated/α-hetero) is 1. The first-order chi connectivity index (χ1) is 5.63. The number of benzene rings is 1. The van der Waals surface area contributed by atoms with Gasteiger partial charge in [-0.2, -0.15) is 0 Å². The Labute approximate surface area is 73.4 Å². The van der Waals surface area contributed by atoms with Gasteiger partial charge in [0.05, 0.1) is 0 Å². The van der Waals surface area contributed by atoms with Crippen LogP contribution in [0.3, 0.4) is 0 Å². The maximum atomic E-state index is 11.1. The van der Waals surface area contributed by atoms with Gasteiger partial charge in [-0.15, -0.1) is 0 Å². The zero-order valence-corrected chi connectivity index (χ0v) is 7.79. The molecule has 0 heterocycles. The van der Waals surface area contributed by atoms with Crippen LogP contribution in [0.15, 0.2) is 24.3 Å². The fraction of sp³-hybridized carbons (Fsp3) is 0.364. The van der Waals surface area contributed by atoms with Gasteiger partial charge >= 0.3 is 0 Å². The quantitative estimate of drug-likeness (QED) is 0.653. The van der Waals surface area contributed by atoms with Crippen LogP contribution in [0, 0.1) is 6.92 Å². The molecule has 0 N–H and O–H groups in total. The van der Waals surface area contributed by atoms with Crippen molar-refractivity contribution in [1.82, 2.24) is 0 Å². The number of hydrogen-bond acceptors (Lipinski definition) is 1. The summed E-state index contributed by atoms with van der Waals surface area (Å²) in [4.78, 5) is 11.1. The molecule has 64 valence electrons. The Hall–Kier alpha value is -1.11. The lowest BCUT2D eigenvalue weighted by Crippen LogP contribution is -2.05. The largest absolute Gasteiger partial charge is 0.299 e. The molecule has 0 spiro atoms. The molecule has 1 rings (SSSR count). The van der Waals surface area contributed by atoms with E-state index in [0.29, 0.717) is 0 Å².